The summed E-state index contributed by atoms with van der Waals surface area (Å²) in [7, 11) is -10.2. The van der Waals surface area contributed by atoms with Crippen LogP contribution in [0.2, 0.25) is 0 Å². The number of hydrogen-bond acceptors (Lipinski definition) is 17. The lowest BCUT2D eigenvalue weighted by molar-refractivity contribution is -0.160. The van der Waals surface area contributed by atoms with E-state index in [9.17, 15) is 43.3 Å². The van der Waals surface area contributed by atoms with Crippen LogP contribution in [-0.2, 0) is 42.0 Å². The van der Waals surface area contributed by atoms with Crippen LogP contribution >= 0.6 is 15.4 Å². The van der Waals surface area contributed by atoms with Crippen LogP contribution in [0, 0.1) is 0 Å². The van der Waals surface area contributed by atoms with Gasteiger partial charge in [-0.1, -0.05) is 36.4 Å². The molecule has 312 valence electrons. The molecule has 0 bridgehead atoms. The third-order valence-corrected chi connectivity index (χ3v) is 12.4. The van der Waals surface area contributed by atoms with Crippen molar-refractivity contribution in [3.63, 3.8) is 0 Å². The summed E-state index contributed by atoms with van der Waals surface area (Å²) in [6, 6.07) is 8.03. The maximum atomic E-state index is 14.3. The van der Waals surface area contributed by atoms with E-state index in [1.54, 1.807) is 30.3 Å². The molecule has 5 heterocycles. The van der Waals surface area contributed by atoms with Gasteiger partial charge in [0, 0.05) is 19.0 Å². The van der Waals surface area contributed by atoms with Crippen LogP contribution in [0.4, 0.5) is 11.6 Å². The molecule has 0 spiro atoms. The Kier molecular flexibility index (Phi) is 12.6. The van der Waals surface area contributed by atoms with Crippen molar-refractivity contribution in [3.05, 3.63) is 84.0 Å². The van der Waals surface area contributed by atoms with Crippen molar-refractivity contribution in [2.75, 3.05) is 24.7 Å². The number of anilines is 2. The van der Waals surface area contributed by atoms with Crippen molar-refractivity contribution in [1.82, 2.24) is 34.4 Å². The van der Waals surface area contributed by atoms with Crippen molar-refractivity contribution in [2.24, 2.45) is 0 Å². The van der Waals surface area contributed by atoms with Gasteiger partial charge in [-0.05, 0) is 25.0 Å². The highest BCUT2D eigenvalue weighted by Gasteiger charge is 2.59. The van der Waals surface area contributed by atoms with Gasteiger partial charge >= 0.3 is 27.1 Å². The maximum Gasteiger partial charge on any atom is 0.469 e. The first kappa shape index (κ1) is 42.7. The molecule has 25 heteroatoms. The Morgan fingerprint density at radius 1 is 1.09 bits per heavy atom. The van der Waals surface area contributed by atoms with Gasteiger partial charge in [-0.15, -0.1) is 6.58 Å². The molecule has 6 rings (SSSR count). The average Bonchev–Trinajstić information content (AvgIpc) is 3.85. The number of aliphatic hydroxyl groups excluding tert-OH is 1. The smallest absolute Gasteiger partial charge is 0.455 e. The van der Waals surface area contributed by atoms with E-state index in [4.69, 9.17) is 30.2 Å². The second-order valence-electron chi connectivity index (χ2n) is 13.6. The summed E-state index contributed by atoms with van der Waals surface area (Å²) < 4.78 is 56.4. The molecule has 0 saturated carbocycles. The van der Waals surface area contributed by atoms with E-state index < -0.39 is 101 Å². The Balaban J connectivity index is 1.31. The number of amides is 1. The lowest BCUT2D eigenvalue weighted by atomic mass is 10.0. The molecule has 1 aromatic carbocycles. The normalized spacial score (nSPS) is 26.2. The molecule has 23 nitrogen and oxygen atoms in total. The second-order valence-corrected chi connectivity index (χ2v) is 17.1. The molecule has 2 fully saturated rings. The molecule has 58 heavy (non-hydrogen) atoms. The van der Waals surface area contributed by atoms with Gasteiger partial charge in [-0.3, -0.25) is 23.0 Å². The first-order chi connectivity index (χ1) is 27.4. The second kappa shape index (κ2) is 17.1. The largest absolute Gasteiger partial charge is 0.469 e. The zero-order valence-electron chi connectivity index (χ0n) is 30.7. The molecule has 2 aliphatic rings. The fraction of sp³-hybridized carbons (Fsp3) is 0.424. The predicted molar refractivity (Wildman–Crippen MR) is 200 cm³/mol. The third kappa shape index (κ3) is 9.03. The number of imidazole rings is 1. The number of aromatic nitrogens is 6. The molecule has 0 radical (unpaired) electrons. The van der Waals surface area contributed by atoms with E-state index in [1.807, 2.05) is 0 Å². The summed E-state index contributed by atoms with van der Waals surface area (Å²) in [4.78, 5) is 85.8. The minimum Gasteiger partial charge on any atom is -0.455 e. The molecule has 4 aromatic rings. The van der Waals surface area contributed by atoms with Gasteiger partial charge in [0.1, 0.15) is 47.4 Å². The first-order valence-corrected chi connectivity index (χ1v) is 20.6. The number of nitrogens with one attached hydrogen (secondary N) is 1. The number of aliphatic hydroxyl groups is 1. The highest BCUT2D eigenvalue weighted by atomic mass is 31.2. The SMILES string of the molecule is C=CCCC(=O)N[C@H](C(=O)O[C@@H]1[C@@H](COP(=O)(O)[C@@]2(C)C[C@H](n3ccc(N)nc3=O)O[C@@H]2COP(=O)(O)O)OC(n2cnc3c(N)ncnc32)[C@@H]1O)c1ccccc1. The number of benzene rings is 1. The Hall–Kier alpha value is -4.93. The van der Waals surface area contributed by atoms with Gasteiger partial charge in [0.2, 0.25) is 5.91 Å². The summed E-state index contributed by atoms with van der Waals surface area (Å²) in [5, 5.41) is 12.3. The molecule has 2 unspecified atom stereocenters. The van der Waals surface area contributed by atoms with Gasteiger partial charge in [-0.25, -0.2) is 29.1 Å². The number of allylic oxidation sites excluding steroid dienone is 1. The summed E-state index contributed by atoms with van der Waals surface area (Å²) >= 11 is 0. The number of esters is 1. The number of nitrogen functional groups attached to an aromatic ring is 2. The first-order valence-electron chi connectivity index (χ1n) is 17.5. The van der Waals surface area contributed by atoms with E-state index in [2.05, 4.69) is 36.4 Å². The number of ether oxygens (including phenoxy) is 3. The zero-order valence-corrected chi connectivity index (χ0v) is 32.5. The number of phosphoric acid groups is 1. The van der Waals surface area contributed by atoms with E-state index in [0.717, 1.165) is 10.9 Å². The molecule has 0 aliphatic carbocycles. The summed E-state index contributed by atoms with van der Waals surface area (Å²) in [6.07, 6.45) is -4.13. The fourth-order valence-corrected chi connectivity index (χ4v) is 8.42. The van der Waals surface area contributed by atoms with Crippen LogP contribution in [-0.4, -0.2) is 104 Å². The number of carbonyl (C=O) groups is 2. The van der Waals surface area contributed by atoms with Gasteiger partial charge in [0.05, 0.1) is 19.5 Å². The monoisotopic (exact) mass is 849 g/mol. The number of phosphoric ester groups is 1. The molecule has 9 N–H and O–H groups in total. The van der Waals surface area contributed by atoms with Crippen LogP contribution in [0.15, 0.2) is 72.7 Å². The Morgan fingerprint density at radius 2 is 1.83 bits per heavy atom. The Labute approximate surface area is 328 Å². The molecular weight excluding hydrogens is 808 g/mol. The van der Waals surface area contributed by atoms with Crippen LogP contribution in [0.3, 0.4) is 0 Å². The van der Waals surface area contributed by atoms with Crippen LogP contribution in [0.5, 0.6) is 0 Å². The number of carbonyl (C=O) groups excluding carboxylic acids is 2. The molecule has 1 amide bonds. The Bertz CT molecular complexity index is 2310. The third-order valence-electron chi connectivity index (χ3n) is 9.69. The van der Waals surface area contributed by atoms with Crippen molar-refractivity contribution in [3.8, 4) is 0 Å². The number of fused-ring (bicyclic) bond motifs is 1. The topological polar surface area (TPSA) is 338 Å². The quantitative estimate of drug-likeness (QED) is 0.0461. The van der Waals surface area contributed by atoms with E-state index in [1.165, 1.54) is 36.2 Å². The minimum absolute atomic E-state index is 0.00526. The van der Waals surface area contributed by atoms with E-state index in [0.29, 0.717) is 12.0 Å². The van der Waals surface area contributed by atoms with E-state index in [-0.39, 0.29) is 29.2 Å². The fourth-order valence-electron chi connectivity index (χ4n) is 6.56. The van der Waals surface area contributed by atoms with E-state index >= 15 is 0 Å². The number of rotatable bonds is 16. The number of nitrogens with zero attached hydrogens (tertiary/aromatic N) is 6. The van der Waals surface area contributed by atoms with Gasteiger partial charge in [-0.2, -0.15) is 4.98 Å². The van der Waals surface area contributed by atoms with Gasteiger partial charge in [0.25, 0.3) is 0 Å². The molecule has 2 aliphatic heterocycles. The van der Waals surface area contributed by atoms with Crippen LogP contribution in [0.25, 0.3) is 11.2 Å². The predicted octanol–water partition coefficient (Wildman–Crippen LogP) is 0.599. The molecule has 9 atom stereocenters. The number of hydrogen-bond donors (Lipinski definition) is 7. The molecule has 2 saturated heterocycles. The van der Waals surface area contributed by atoms with Crippen molar-refractivity contribution >= 4 is 50.1 Å². The highest BCUT2D eigenvalue weighted by Crippen LogP contribution is 2.64. The lowest BCUT2D eigenvalue weighted by Gasteiger charge is -2.33. The van der Waals surface area contributed by atoms with Crippen molar-refractivity contribution in [1.29, 1.82) is 0 Å². The Morgan fingerprint density at radius 3 is 2.52 bits per heavy atom. The summed E-state index contributed by atoms with van der Waals surface area (Å²) in [6.45, 7) is 3.07. The summed E-state index contributed by atoms with van der Waals surface area (Å²) in [5.41, 5.74) is 11.3. The molecular formula is C33H41N9O14P2. The van der Waals surface area contributed by atoms with Crippen LogP contribution < -0.4 is 22.5 Å². The van der Waals surface area contributed by atoms with Gasteiger partial charge in [0.15, 0.2) is 29.8 Å². The number of nitrogens with two attached hydrogens (primary N) is 2. The average molecular weight is 850 g/mol. The molecule has 3 aromatic heterocycles. The van der Waals surface area contributed by atoms with Crippen molar-refractivity contribution < 1.29 is 61.8 Å². The lowest BCUT2D eigenvalue weighted by Crippen LogP contribution is -2.43. The van der Waals surface area contributed by atoms with Crippen molar-refractivity contribution in [2.45, 2.75) is 74.3 Å². The summed E-state index contributed by atoms with van der Waals surface area (Å²) in [5.74, 6) is -1.63. The minimum atomic E-state index is -5.13. The van der Waals surface area contributed by atoms with Gasteiger partial charge < -0.3 is 55.3 Å². The maximum absolute atomic E-state index is 14.3. The van der Waals surface area contributed by atoms with Crippen LogP contribution in [0.1, 0.15) is 50.2 Å². The standard InChI is InChI=1S/C33H41N9O14P2/c1-3-4-10-22(43)40-24(18-8-6-5-7-9-18)31(45)56-27-19(54-30(26(27)44)42-17-38-25-28(35)36-16-37-29(25)42)14-52-57(47,48)33(2)13-23(41-12-11-21(34)39-32(41)46)55-20(33)15-53-58(49,50)51/h3,5-9,11-12,16-17,19-20,23-24,26-27,30,44H,1,4,10,13-15H2,2H3,(H,40,43)(H,47,48)(H2,34,39,46)(H2,35,36,37)(H2,49,50,51)/t19-,20-,23-,24+,26-,27-,30?,33+/m1/s1. The highest BCUT2D eigenvalue weighted by molar-refractivity contribution is 7.54. The zero-order chi connectivity index (χ0) is 42.0.